The Hall–Kier alpha value is -2.18. The standard InChI is InChI=1S/C23H32N4O2/c1-17(23(2)10-7-11-29-23)24-13-19-12-21(28)26(3)22(19)20-14-25-27(16-20)15-18-8-5-4-6-9-18/h4-6,8-9,14,16-17,19,22,24H,7,10-13,15H2,1-3H3/t17-,19-,22+,23+/m0/s1. The Kier molecular flexibility index (Phi) is 5.74. The number of likely N-dealkylation sites (tertiary alicyclic amines) is 1. The zero-order valence-corrected chi connectivity index (χ0v) is 17.7. The molecule has 6 nitrogen and oxygen atoms in total. The normalized spacial score (nSPS) is 28.2. The maximum Gasteiger partial charge on any atom is 0.223 e. The van der Waals surface area contributed by atoms with Crippen LogP contribution in [0.1, 0.15) is 50.3 Å². The fourth-order valence-corrected chi connectivity index (χ4v) is 4.71. The first kappa shape index (κ1) is 20.1. The second-order valence-electron chi connectivity index (χ2n) is 8.77. The van der Waals surface area contributed by atoms with Gasteiger partial charge in [-0.15, -0.1) is 0 Å². The minimum absolute atomic E-state index is 0.0593. The molecular weight excluding hydrogens is 364 g/mol. The van der Waals surface area contributed by atoms with Gasteiger partial charge in [-0.05, 0) is 32.3 Å². The summed E-state index contributed by atoms with van der Waals surface area (Å²) in [5.41, 5.74) is 2.22. The number of benzene rings is 1. The average Bonchev–Trinajstić information content (AvgIpc) is 3.42. The highest BCUT2D eigenvalue weighted by Gasteiger charge is 2.41. The lowest BCUT2D eigenvalue weighted by atomic mass is 9.92. The maximum atomic E-state index is 12.5. The zero-order chi connectivity index (χ0) is 20.4. The van der Waals surface area contributed by atoms with E-state index in [1.165, 1.54) is 5.56 Å². The van der Waals surface area contributed by atoms with Crippen molar-refractivity contribution in [1.82, 2.24) is 20.0 Å². The molecule has 1 amide bonds. The Morgan fingerprint density at radius 3 is 2.86 bits per heavy atom. The van der Waals surface area contributed by atoms with Gasteiger partial charge >= 0.3 is 0 Å². The van der Waals surface area contributed by atoms with Crippen molar-refractivity contribution in [3.05, 3.63) is 53.9 Å². The first-order chi connectivity index (χ1) is 14.0. The van der Waals surface area contributed by atoms with Gasteiger partial charge in [0.15, 0.2) is 0 Å². The van der Waals surface area contributed by atoms with E-state index in [2.05, 4.69) is 42.6 Å². The molecule has 1 aromatic carbocycles. The van der Waals surface area contributed by atoms with Gasteiger partial charge in [-0.25, -0.2) is 0 Å². The van der Waals surface area contributed by atoms with E-state index < -0.39 is 0 Å². The third-order valence-corrected chi connectivity index (χ3v) is 6.73. The lowest BCUT2D eigenvalue weighted by molar-refractivity contribution is -0.127. The first-order valence-electron chi connectivity index (χ1n) is 10.7. The minimum Gasteiger partial charge on any atom is -0.374 e. The number of ether oxygens (including phenoxy) is 1. The molecular formula is C23H32N4O2. The van der Waals surface area contributed by atoms with Crippen molar-refractivity contribution in [1.29, 1.82) is 0 Å². The molecule has 2 aromatic rings. The fraction of sp³-hybridized carbons (Fsp3) is 0.565. The third-order valence-electron chi connectivity index (χ3n) is 6.73. The van der Waals surface area contributed by atoms with Crippen LogP contribution in [-0.4, -0.2) is 52.4 Å². The number of carbonyl (C=O) groups excluding carboxylic acids is 1. The topological polar surface area (TPSA) is 59.4 Å². The predicted octanol–water partition coefficient (Wildman–Crippen LogP) is 3.00. The van der Waals surface area contributed by atoms with Gasteiger partial charge < -0.3 is 15.0 Å². The summed E-state index contributed by atoms with van der Waals surface area (Å²) in [7, 11) is 1.91. The molecule has 0 radical (unpaired) electrons. The molecule has 0 saturated carbocycles. The van der Waals surface area contributed by atoms with Crippen LogP contribution in [0.3, 0.4) is 0 Å². The lowest BCUT2D eigenvalue weighted by Gasteiger charge is -2.33. The van der Waals surface area contributed by atoms with E-state index >= 15 is 0 Å². The highest BCUT2D eigenvalue weighted by Crippen LogP contribution is 2.37. The molecule has 29 heavy (non-hydrogen) atoms. The molecule has 1 aromatic heterocycles. The number of amides is 1. The van der Waals surface area contributed by atoms with Crippen LogP contribution in [0.4, 0.5) is 0 Å². The van der Waals surface area contributed by atoms with E-state index in [-0.39, 0.29) is 29.5 Å². The van der Waals surface area contributed by atoms with Gasteiger partial charge in [-0.1, -0.05) is 30.3 Å². The molecule has 156 valence electrons. The highest BCUT2D eigenvalue weighted by atomic mass is 16.5. The summed E-state index contributed by atoms with van der Waals surface area (Å²) in [6.07, 6.45) is 6.78. The van der Waals surface area contributed by atoms with Gasteiger partial charge in [-0.2, -0.15) is 5.10 Å². The fourth-order valence-electron chi connectivity index (χ4n) is 4.71. The van der Waals surface area contributed by atoms with Crippen molar-refractivity contribution < 1.29 is 9.53 Å². The molecule has 6 heteroatoms. The molecule has 0 spiro atoms. The van der Waals surface area contributed by atoms with Gasteiger partial charge in [0.25, 0.3) is 0 Å². The average molecular weight is 397 g/mol. The second-order valence-corrected chi connectivity index (χ2v) is 8.77. The number of aromatic nitrogens is 2. The van der Waals surface area contributed by atoms with Gasteiger partial charge in [0.2, 0.25) is 5.91 Å². The summed E-state index contributed by atoms with van der Waals surface area (Å²) in [4.78, 5) is 14.4. The van der Waals surface area contributed by atoms with Crippen LogP contribution in [-0.2, 0) is 16.1 Å². The van der Waals surface area contributed by atoms with Crippen LogP contribution >= 0.6 is 0 Å². The summed E-state index contributed by atoms with van der Waals surface area (Å²) in [5.74, 6) is 0.433. The molecule has 2 saturated heterocycles. The van der Waals surface area contributed by atoms with Crippen LogP contribution in [0.15, 0.2) is 42.7 Å². The van der Waals surface area contributed by atoms with Crippen molar-refractivity contribution in [2.75, 3.05) is 20.2 Å². The third kappa shape index (κ3) is 4.23. The van der Waals surface area contributed by atoms with Crippen molar-refractivity contribution >= 4 is 5.91 Å². The Morgan fingerprint density at radius 1 is 1.34 bits per heavy atom. The Balaban J connectivity index is 1.44. The summed E-state index contributed by atoms with van der Waals surface area (Å²) in [5, 5.41) is 8.22. The Labute approximate surface area is 173 Å². The summed E-state index contributed by atoms with van der Waals surface area (Å²) in [6.45, 7) is 6.76. The Bertz CT molecular complexity index is 828. The van der Waals surface area contributed by atoms with E-state index in [1.807, 2.05) is 41.0 Å². The van der Waals surface area contributed by atoms with E-state index in [1.54, 1.807) is 0 Å². The molecule has 2 aliphatic heterocycles. The van der Waals surface area contributed by atoms with Crippen LogP contribution in [0.5, 0.6) is 0 Å². The van der Waals surface area contributed by atoms with Crippen molar-refractivity contribution in [2.45, 2.75) is 57.3 Å². The minimum atomic E-state index is -0.107. The van der Waals surface area contributed by atoms with Crippen LogP contribution in [0.2, 0.25) is 0 Å². The smallest absolute Gasteiger partial charge is 0.223 e. The summed E-state index contributed by atoms with van der Waals surface area (Å²) < 4.78 is 7.94. The zero-order valence-electron chi connectivity index (χ0n) is 17.7. The SMILES string of the molecule is C[C@H](NC[C@@H]1CC(=O)N(C)[C@H]1c1cnn(Cc2ccccc2)c1)[C@@]1(C)CCCO1. The van der Waals surface area contributed by atoms with Crippen molar-refractivity contribution in [2.24, 2.45) is 5.92 Å². The van der Waals surface area contributed by atoms with E-state index in [9.17, 15) is 4.79 Å². The lowest BCUT2D eigenvalue weighted by Crippen LogP contribution is -2.48. The molecule has 4 atom stereocenters. The first-order valence-corrected chi connectivity index (χ1v) is 10.7. The van der Waals surface area contributed by atoms with Gasteiger partial charge in [-0.3, -0.25) is 9.48 Å². The molecule has 0 unspecified atom stereocenters. The van der Waals surface area contributed by atoms with Crippen LogP contribution in [0.25, 0.3) is 0 Å². The quantitative estimate of drug-likeness (QED) is 0.782. The van der Waals surface area contributed by atoms with Crippen molar-refractivity contribution in [3.8, 4) is 0 Å². The molecule has 1 N–H and O–H groups in total. The molecule has 0 bridgehead atoms. The van der Waals surface area contributed by atoms with E-state index in [4.69, 9.17) is 4.74 Å². The van der Waals surface area contributed by atoms with Crippen LogP contribution < -0.4 is 5.32 Å². The largest absolute Gasteiger partial charge is 0.374 e. The monoisotopic (exact) mass is 396 g/mol. The van der Waals surface area contributed by atoms with Gasteiger partial charge in [0.1, 0.15) is 0 Å². The van der Waals surface area contributed by atoms with E-state index in [0.717, 1.165) is 38.1 Å². The number of nitrogens with zero attached hydrogens (tertiary/aromatic N) is 3. The molecule has 4 rings (SSSR count). The highest BCUT2D eigenvalue weighted by molar-refractivity contribution is 5.79. The van der Waals surface area contributed by atoms with Gasteiger partial charge in [0.05, 0.1) is 24.4 Å². The summed E-state index contributed by atoms with van der Waals surface area (Å²) in [6, 6.07) is 10.6. The number of hydrogen-bond acceptors (Lipinski definition) is 4. The molecule has 2 aliphatic rings. The number of rotatable bonds is 7. The molecule has 3 heterocycles. The maximum absolute atomic E-state index is 12.5. The van der Waals surface area contributed by atoms with Gasteiger partial charge in [0, 0.05) is 50.3 Å². The van der Waals surface area contributed by atoms with Crippen molar-refractivity contribution in [3.63, 3.8) is 0 Å². The van der Waals surface area contributed by atoms with Crippen LogP contribution in [0, 0.1) is 5.92 Å². The van der Waals surface area contributed by atoms with E-state index in [0.29, 0.717) is 6.42 Å². The number of hydrogen-bond donors (Lipinski definition) is 1. The Morgan fingerprint density at radius 2 is 2.14 bits per heavy atom. The number of nitrogens with one attached hydrogen (secondary N) is 1. The number of carbonyl (C=O) groups is 1. The molecule has 0 aliphatic carbocycles. The second kappa shape index (κ2) is 8.28. The predicted molar refractivity (Wildman–Crippen MR) is 112 cm³/mol. The molecule has 2 fully saturated rings. The summed E-state index contributed by atoms with van der Waals surface area (Å²) >= 11 is 0.